The van der Waals surface area contributed by atoms with Crippen LogP contribution in [0.4, 0.5) is 4.79 Å². The molecule has 1 heterocycles. The van der Waals surface area contributed by atoms with Gasteiger partial charge in [0.1, 0.15) is 5.60 Å². The first-order valence-electron chi connectivity index (χ1n) is 5.82. The largest absolute Gasteiger partial charge is 0.444 e. The average molecular weight is 369 g/mol. The van der Waals surface area contributed by atoms with Crippen molar-refractivity contribution in [1.29, 1.82) is 0 Å². The molecule has 3 nitrogen and oxygen atoms in total. The fourth-order valence-electron chi connectivity index (χ4n) is 1.82. The summed E-state index contributed by atoms with van der Waals surface area (Å²) in [7, 11) is 0. The highest BCUT2D eigenvalue weighted by Gasteiger charge is 2.29. The number of amides is 1. The Hall–Kier alpha value is -0.0300. The fraction of sp³-hybridized carbons (Fsp3) is 0.750. The molecule has 17 heavy (non-hydrogen) atoms. The van der Waals surface area contributed by atoms with Gasteiger partial charge in [0, 0.05) is 6.54 Å². The Morgan fingerprint density at radius 1 is 1.35 bits per heavy atom. The van der Waals surface area contributed by atoms with Gasteiger partial charge in [0.2, 0.25) is 0 Å². The number of hydrogen-bond acceptors (Lipinski definition) is 2. The Kier molecular flexibility index (Phi) is 5.51. The Balaban J connectivity index is 2.71. The predicted molar refractivity (Wildman–Crippen MR) is 76.5 cm³/mol. The molecular weight excluding hydrogens is 350 g/mol. The van der Waals surface area contributed by atoms with E-state index in [0.29, 0.717) is 0 Å². The molecule has 0 radical (unpaired) electrons. The SMILES string of the molecule is CC(C)(C)OC(=O)N1CCCC[C@@H]1C=C(Br)Br. The highest BCUT2D eigenvalue weighted by Crippen LogP contribution is 2.24. The van der Waals surface area contributed by atoms with E-state index in [0.717, 1.165) is 29.2 Å². The van der Waals surface area contributed by atoms with Crippen LogP contribution in [0.2, 0.25) is 0 Å². The third-order valence-electron chi connectivity index (χ3n) is 2.50. The molecule has 0 unspecified atom stereocenters. The van der Waals surface area contributed by atoms with E-state index in [-0.39, 0.29) is 12.1 Å². The Morgan fingerprint density at radius 3 is 2.53 bits per heavy atom. The average Bonchev–Trinajstić information content (AvgIpc) is 2.14. The third kappa shape index (κ3) is 5.42. The van der Waals surface area contributed by atoms with Gasteiger partial charge in [0.25, 0.3) is 0 Å². The van der Waals surface area contributed by atoms with Gasteiger partial charge in [-0.2, -0.15) is 0 Å². The maximum absolute atomic E-state index is 12.0. The molecular formula is C12H19Br2NO2. The number of nitrogens with zero attached hydrogens (tertiary/aromatic N) is 1. The minimum atomic E-state index is -0.436. The van der Waals surface area contributed by atoms with Crippen LogP contribution in [-0.2, 0) is 4.74 Å². The first-order chi connectivity index (χ1) is 7.79. The zero-order valence-electron chi connectivity index (χ0n) is 10.5. The molecule has 5 heteroatoms. The molecule has 1 fully saturated rings. The maximum atomic E-state index is 12.0. The molecule has 0 N–H and O–H groups in total. The molecule has 0 aromatic heterocycles. The molecule has 1 rings (SSSR count). The van der Waals surface area contributed by atoms with E-state index in [1.54, 1.807) is 4.90 Å². The lowest BCUT2D eigenvalue weighted by atomic mass is 10.0. The van der Waals surface area contributed by atoms with Gasteiger partial charge in [-0.3, -0.25) is 0 Å². The normalized spacial score (nSPS) is 21.0. The summed E-state index contributed by atoms with van der Waals surface area (Å²) >= 11 is 6.69. The van der Waals surface area contributed by atoms with E-state index >= 15 is 0 Å². The first kappa shape index (κ1) is 15.0. The summed E-state index contributed by atoms with van der Waals surface area (Å²) in [5.74, 6) is 0. The van der Waals surface area contributed by atoms with Crippen LogP contribution in [0.1, 0.15) is 40.0 Å². The minimum absolute atomic E-state index is 0.118. The Bertz CT molecular complexity index is 306. The molecule has 0 spiro atoms. The van der Waals surface area contributed by atoms with Crippen LogP contribution in [0.5, 0.6) is 0 Å². The van der Waals surface area contributed by atoms with E-state index in [2.05, 4.69) is 31.9 Å². The van der Waals surface area contributed by atoms with Crippen LogP contribution in [0.15, 0.2) is 9.47 Å². The van der Waals surface area contributed by atoms with Gasteiger partial charge in [-0.05, 0) is 78.0 Å². The second-order valence-electron chi connectivity index (χ2n) is 5.19. The van der Waals surface area contributed by atoms with Crippen molar-refractivity contribution in [2.45, 2.75) is 51.7 Å². The molecule has 1 amide bonds. The van der Waals surface area contributed by atoms with Crippen LogP contribution in [0.25, 0.3) is 0 Å². The van der Waals surface area contributed by atoms with Crippen molar-refractivity contribution in [1.82, 2.24) is 4.90 Å². The number of halogens is 2. The highest BCUT2D eigenvalue weighted by atomic mass is 79.9. The number of carbonyl (C=O) groups is 1. The maximum Gasteiger partial charge on any atom is 0.410 e. The van der Waals surface area contributed by atoms with Crippen molar-refractivity contribution in [3.8, 4) is 0 Å². The summed E-state index contributed by atoms with van der Waals surface area (Å²) < 4.78 is 6.30. The highest BCUT2D eigenvalue weighted by molar-refractivity contribution is 9.28. The number of carbonyl (C=O) groups excluding carboxylic acids is 1. The van der Waals surface area contributed by atoms with E-state index in [1.165, 1.54) is 0 Å². The lowest BCUT2D eigenvalue weighted by Crippen LogP contribution is -2.45. The van der Waals surface area contributed by atoms with Crippen molar-refractivity contribution in [3.05, 3.63) is 9.47 Å². The molecule has 0 aromatic carbocycles. The van der Waals surface area contributed by atoms with Crippen molar-refractivity contribution in [2.24, 2.45) is 0 Å². The van der Waals surface area contributed by atoms with E-state index < -0.39 is 5.60 Å². The molecule has 98 valence electrons. The lowest BCUT2D eigenvalue weighted by Gasteiger charge is -2.35. The Morgan fingerprint density at radius 2 is 2.00 bits per heavy atom. The van der Waals surface area contributed by atoms with E-state index in [1.807, 2.05) is 26.8 Å². The number of hydrogen-bond donors (Lipinski definition) is 0. The molecule has 0 aromatic rings. The zero-order chi connectivity index (χ0) is 13.1. The summed E-state index contributed by atoms with van der Waals surface area (Å²) in [5, 5.41) is 0. The minimum Gasteiger partial charge on any atom is -0.444 e. The lowest BCUT2D eigenvalue weighted by molar-refractivity contribution is 0.0150. The molecule has 0 saturated carbocycles. The molecule has 1 aliphatic heterocycles. The van der Waals surface area contributed by atoms with Crippen molar-refractivity contribution in [3.63, 3.8) is 0 Å². The summed E-state index contributed by atoms with van der Waals surface area (Å²) in [6.45, 7) is 6.43. The van der Waals surface area contributed by atoms with Crippen LogP contribution < -0.4 is 0 Å². The Labute approximate surface area is 120 Å². The third-order valence-corrected chi connectivity index (χ3v) is 3.02. The van der Waals surface area contributed by atoms with Gasteiger partial charge >= 0.3 is 6.09 Å². The first-order valence-corrected chi connectivity index (χ1v) is 7.40. The smallest absolute Gasteiger partial charge is 0.410 e. The molecule has 0 bridgehead atoms. The van der Waals surface area contributed by atoms with E-state index in [9.17, 15) is 4.79 Å². The van der Waals surface area contributed by atoms with Crippen molar-refractivity contribution >= 4 is 38.0 Å². The van der Waals surface area contributed by atoms with Gasteiger partial charge in [-0.15, -0.1) is 0 Å². The number of rotatable bonds is 1. The van der Waals surface area contributed by atoms with Crippen LogP contribution in [0, 0.1) is 0 Å². The number of likely N-dealkylation sites (tertiary alicyclic amines) is 1. The van der Waals surface area contributed by atoms with Gasteiger partial charge in [-0.25, -0.2) is 4.79 Å². The van der Waals surface area contributed by atoms with Gasteiger partial charge < -0.3 is 9.64 Å². The van der Waals surface area contributed by atoms with Crippen molar-refractivity contribution < 1.29 is 9.53 Å². The van der Waals surface area contributed by atoms with E-state index in [4.69, 9.17) is 4.74 Å². The standard InChI is InChI=1S/C12H19Br2NO2/c1-12(2,3)17-11(16)15-7-5-4-6-9(15)8-10(13)14/h8-9H,4-7H2,1-3H3/t9-/m1/s1. The molecule has 0 aliphatic carbocycles. The molecule has 1 atom stereocenters. The van der Waals surface area contributed by atoms with Crippen LogP contribution >= 0.6 is 31.9 Å². The zero-order valence-corrected chi connectivity index (χ0v) is 13.7. The van der Waals surface area contributed by atoms with Gasteiger partial charge in [0.05, 0.1) is 9.43 Å². The summed E-state index contributed by atoms with van der Waals surface area (Å²) in [6, 6.07) is 0.118. The predicted octanol–water partition coefficient (Wildman–Crippen LogP) is 4.41. The summed E-state index contributed by atoms with van der Waals surface area (Å²) in [4.78, 5) is 13.9. The van der Waals surface area contributed by atoms with Gasteiger partial charge in [-0.1, -0.05) is 0 Å². The van der Waals surface area contributed by atoms with Gasteiger partial charge in [0.15, 0.2) is 0 Å². The van der Waals surface area contributed by atoms with Crippen LogP contribution in [-0.4, -0.2) is 29.2 Å². The van der Waals surface area contributed by atoms with Crippen molar-refractivity contribution in [2.75, 3.05) is 6.54 Å². The van der Waals surface area contributed by atoms with Crippen LogP contribution in [0.3, 0.4) is 0 Å². The second kappa shape index (κ2) is 6.23. The summed E-state index contributed by atoms with van der Waals surface area (Å²) in [5.41, 5.74) is -0.436. The topological polar surface area (TPSA) is 29.5 Å². The quantitative estimate of drug-likeness (QED) is 0.686. The number of ether oxygens (including phenoxy) is 1. The fourth-order valence-corrected chi connectivity index (χ4v) is 2.43. The monoisotopic (exact) mass is 367 g/mol. The number of piperidine rings is 1. The molecule has 1 aliphatic rings. The summed E-state index contributed by atoms with van der Waals surface area (Å²) in [6.07, 6.45) is 4.96. The molecule has 1 saturated heterocycles. The second-order valence-corrected chi connectivity index (χ2v) is 7.97.